The summed E-state index contributed by atoms with van der Waals surface area (Å²) < 4.78 is 0. The van der Waals surface area contributed by atoms with Crippen molar-refractivity contribution in [3.8, 4) is 11.3 Å². The molecule has 0 radical (unpaired) electrons. The van der Waals surface area contributed by atoms with Gasteiger partial charge in [0.05, 0.1) is 0 Å². The zero-order valence-electron chi connectivity index (χ0n) is 13.3. The third-order valence-corrected chi connectivity index (χ3v) is 2.91. The number of H-pyrrole nitrogens is 1. The highest BCUT2D eigenvalue weighted by Crippen LogP contribution is 2.27. The molecule has 0 unspecified atom stereocenters. The van der Waals surface area contributed by atoms with E-state index < -0.39 is 0 Å². The molecule has 1 nitrogen and oxygen atoms in total. The molecule has 19 heavy (non-hydrogen) atoms. The van der Waals surface area contributed by atoms with Crippen molar-refractivity contribution in [3.05, 3.63) is 41.1 Å². The number of aromatic nitrogens is 1. The van der Waals surface area contributed by atoms with E-state index in [1.54, 1.807) is 0 Å². The first-order valence-electron chi connectivity index (χ1n) is 7.04. The maximum atomic E-state index is 4.33. The van der Waals surface area contributed by atoms with Crippen LogP contribution in [0.1, 0.15) is 44.5 Å². The van der Waals surface area contributed by atoms with Crippen LogP contribution in [0.15, 0.2) is 29.2 Å². The highest BCUT2D eigenvalue weighted by molar-refractivity contribution is 7.80. The summed E-state index contributed by atoms with van der Waals surface area (Å²) in [5.41, 5.74) is 6.24. The number of benzene rings is 1. The smallest absolute Gasteiger partial charge is 0.0488 e. The molecule has 2 aromatic rings. The first-order valence-corrected chi connectivity index (χ1v) is 7.49. The molecule has 1 aromatic carbocycles. The molecule has 0 aliphatic carbocycles. The number of hydrogen-bond acceptors (Lipinski definition) is 1. The van der Waals surface area contributed by atoms with E-state index in [0.717, 1.165) is 4.90 Å². The van der Waals surface area contributed by atoms with Gasteiger partial charge in [-0.1, -0.05) is 33.8 Å². The van der Waals surface area contributed by atoms with E-state index >= 15 is 0 Å². The summed E-state index contributed by atoms with van der Waals surface area (Å²) in [6, 6.07) is 8.41. The molecule has 0 aliphatic heterocycles. The summed E-state index contributed by atoms with van der Waals surface area (Å²) >= 11 is 4.33. The normalized spacial score (nSPS) is 9.05. The minimum atomic E-state index is 1.01. The number of rotatable bonds is 1. The van der Waals surface area contributed by atoms with E-state index in [4.69, 9.17) is 0 Å². The zero-order chi connectivity index (χ0) is 15.0. The van der Waals surface area contributed by atoms with Gasteiger partial charge in [0.1, 0.15) is 0 Å². The number of aryl methyl sites for hydroxylation is 3. The van der Waals surface area contributed by atoms with Crippen molar-refractivity contribution in [1.29, 1.82) is 0 Å². The Morgan fingerprint density at radius 1 is 0.842 bits per heavy atom. The Kier molecular flexibility index (Phi) is 8.33. The van der Waals surface area contributed by atoms with Gasteiger partial charge in [0.15, 0.2) is 0 Å². The molecule has 2 rings (SSSR count). The van der Waals surface area contributed by atoms with Crippen molar-refractivity contribution in [2.24, 2.45) is 0 Å². The van der Waals surface area contributed by atoms with Crippen molar-refractivity contribution < 1.29 is 0 Å². The van der Waals surface area contributed by atoms with Gasteiger partial charge in [-0.25, -0.2) is 0 Å². The maximum absolute atomic E-state index is 4.33. The van der Waals surface area contributed by atoms with E-state index in [1.807, 2.05) is 33.8 Å². The van der Waals surface area contributed by atoms with Crippen LogP contribution in [0.25, 0.3) is 11.3 Å². The van der Waals surface area contributed by atoms with E-state index in [0.29, 0.717) is 0 Å². The average Bonchev–Trinajstić information content (AvgIpc) is 2.73. The molecular weight excluding hydrogens is 250 g/mol. The predicted molar refractivity (Wildman–Crippen MR) is 90.4 cm³/mol. The molecular formula is C17H27NS. The quantitative estimate of drug-likeness (QED) is 0.599. The van der Waals surface area contributed by atoms with Gasteiger partial charge in [0.2, 0.25) is 0 Å². The number of hydrogen-bond donors (Lipinski definition) is 2. The van der Waals surface area contributed by atoms with Crippen molar-refractivity contribution in [1.82, 2.24) is 4.98 Å². The lowest BCUT2D eigenvalue weighted by Crippen LogP contribution is -1.85. The topological polar surface area (TPSA) is 15.8 Å². The number of aromatic amines is 1. The molecule has 0 amide bonds. The van der Waals surface area contributed by atoms with Crippen LogP contribution in [0.5, 0.6) is 0 Å². The number of nitrogens with one attached hydrogen (secondary N) is 1. The molecule has 0 saturated carbocycles. The van der Waals surface area contributed by atoms with Gasteiger partial charge < -0.3 is 4.98 Å². The second-order valence-corrected chi connectivity index (χ2v) is 4.53. The molecule has 0 spiro atoms. The number of thiol groups is 1. The Labute approximate surface area is 123 Å². The molecule has 0 aliphatic rings. The highest BCUT2D eigenvalue weighted by Gasteiger charge is 2.07. The Balaban J connectivity index is 0.000000741. The Morgan fingerprint density at radius 2 is 1.42 bits per heavy atom. The monoisotopic (exact) mass is 277 g/mol. The van der Waals surface area contributed by atoms with Gasteiger partial charge >= 0.3 is 0 Å². The summed E-state index contributed by atoms with van der Waals surface area (Å²) in [6.07, 6.45) is 0. The first kappa shape index (κ1) is 17.8. The Bertz CT molecular complexity index is 498. The molecule has 0 atom stereocenters. The van der Waals surface area contributed by atoms with Gasteiger partial charge in [-0.15, -0.1) is 12.6 Å². The fourth-order valence-corrected chi connectivity index (χ4v) is 2.21. The summed E-state index contributed by atoms with van der Waals surface area (Å²) in [4.78, 5) is 4.41. The van der Waals surface area contributed by atoms with Crippen LogP contribution in [-0.2, 0) is 0 Å². The van der Waals surface area contributed by atoms with Crippen LogP contribution in [-0.4, -0.2) is 4.98 Å². The second-order valence-electron chi connectivity index (χ2n) is 4.01. The Morgan fingerprint density at radius 3 is 1.84 bits per heavy atom. The van der Waals surface area contributed by atoms with Crippen LogP contribution in [0.3, 0.4) is 0 Å². The predicted octanol–water partition coefficient (Wildman–Crippen LogP) is 5.95. The zero-order valence-corrected chi connectivity index (χ0v) is 14.2. The lowest BCUT2D eigenvalue weighted by molar-refractivity contribution is 1.25. The molecule has 0 fully saturated rings. The first-order chi connectivity index (χ1) is 9.08. The van der Waals surface area contributed by atoms with Crippen LogP contribution < -0.4 is 0 Å². The molecule has 1 N–H and O–H groups in total. The molecule has 1 aromatic heterocycles. The van der Waals surface area contributed by atoms with Gasteiger partial charge in [-0.3, -0.25) is 0 Å². The summed E-state index contributed by atoms with van der Waals surface area (Å²) in [5.74, 6) is 0. The molecule has 0 bridgehead atoms. The minimum absolute atomic E-state index is 1.01. The fraction of sp³-hybridized carbons (Fsp3) is 0.412. The maximum Gasteiger partial charge on any atom is 0.0488 e. The van der Waals surface area contributed by atoms with Crippen molar-refractivity contribution in [2.45, 2.75) is 53.4 Å². The largest absolute Gasteiger partial charge is 0.358 e. The highest BCUT2D eigenvalue weighted by atomic mass is 32.1. The molecule has 2 heteroatoms. The van der Waals surface area contributed by atoms with Gasteiger partial charge in [-0.2, -0.15) is 0 Å². The molecule has 1 heterocycles. The van der Waals surface area contributed by atoms with E-state index in [2.05, 4.69) is 56.6 Å². The summed E-state index contributed by atoms with van der Waals surface area (Å²) in [5, 5.41) is 0. The van der Waals surface area contributed by atoms with Crippen LogP contribution in [0.2, 0.25) is 0 Å². The SMILES string of the molecule is CC.CC.Cc1cc(C)c(-c2ccc(S)cc2C)[nH]1. The van der Waals surface area contributed by atoms with E-state index in [-0.39, 0.29) is 0 Å². The molecule has 0 saturated heterocycles. The lowest BCUT2D eigenvalue weighted by Gasteiger charge is -2.06. The van der Waals surface area contributed by atoms with Crippen LogP contribution in [0.4, 0.5) is 0 Å². The van der Waals surface area contributed by atoms with Gasteiger partial charge in [-0.05, 0) is 50.1 Å². The minimum Gasteiger partial charge on any atom is -0.358 e. The standard InChI is InChI=1S/C13H15NS.2C2H6/c1-8-7-11(15)4-5-12(8)13-9(2)6-10(3)14-13;2*1-2/h4-7,14-15H,1-3H3;2*1-2H3. The lowest BCUT2D eigenvalue weighted by atomic mass is 10.0. The van der Waals surface area contributed by atoms with Crippen molar-refractivity contribution in [2.75, 3.05) is 0 Å². The third-order valence-electron chi connectivity index (χ3n) is 2.63. The fourth-order valence-electron chi connectivity index (χ4n) is 1.94. The Hall–Kier alpha value is -1.15. The third kappa shape index (κ3) is 4.79. The summed E-state index contributed by atoms with van der Waals surface area (Å²) in [7, 11) is 0. The van der Waals surface area contributed by atoms with E-state index in [9.17, 15) is 0 Å². The second kappa shape index (κ2) is 8.87. The van der Waals surface area contributed by atoms with Crippen molar-refractivity contribution >= 4 is 12.6 Å². The van der Waals surface area contributed by atoms with Gasteiger partial charge in [0.25, 0.3) is 0 Å². The van der Waals surface area contributed by atoms with Crippen LogP contribution in [0, 0.1) is 20.8 Å². The van der Waals surface area contributed by atoms with Crippen LogP contribution >= 0.6 is 12.6 Å². The van der Waals surface area contributed by atoms with Crippen molar-refractivity contribution in [3.63, 3.8) is 0 Å². The average molecular weight is 277 g/mol. The summed E-state index contributed by atoms with van der Waals surface area (Å²) in [6.45, 7) is 14.3. The van der Waals surface area contributed by atoms with Gasteiger partial charge in [0, 0.05) is 21.8 Å². The molecule has 106 valence electrons. The van der Waals surface area contributed by atoms with E-state index in [1.165, 1.54) is 28.1 Å².